The van der Waals surface area contributed by atoms with Crippen LogP contribution in [-0.2, 0) is 76.8 Å². The molecule has 0 fully saturated rings. The first-order valence-corrected chi connectivity index (χ1v) is 19.9. The van der Waals surface area contributed by atoms with Gasteiger partial charge in [-0.1, -0.05) is 0 Å². The minimum Gasteiger partial charge on any atom is -0.494 e. The Morgan fingerprint density at radius 2 is 0.557 bits per heavy atom. The van der Waals surface area contributed by atoms with E-state index >= 15 is 0 Å². The van der Waals surface area contributed by atoms with Gasteiger partial charge in [-0.2, -0.15) is 0 Å². The van der Waals surface area contributed by atoms with E-state index in [0.717, 1.165) is 24.3 Å². The summed E-state index contributed by atoms with van der Waals surface area (Å²) in [7, 11) is 0. The zero-order valence-electron chi connectivity index (χ0n) is 34.6. The van der Waals surface area contributed by atoms with Crippen molar-refractivity contribution in [3.8, 4) is 23.5 Å². The molecular formula is C38H64N2O21. The van der Waals surface area contributed by atoms with Crippen LogP contribution in [0.1, 0.15) is 6.42 Å². The average Bonchev–Trinajstić information content (AvgIpc) is 3.76. The van der Waals surface area contributed by atoms with Gasteiger partial charge in [0.05, 0.1) is 172 Å². The summed E-state index contributed by atoms with van der Waals surface area (Å²) in [6.45, 7) is 8.33. The minimum absolute atomic E-state index is 0.0185. The fourth-order valence-corrected chi connectivity index (χ4v) is 5.08. The van der Waals surface area contributed by atoms with Gasteiger partial charge in [0, 0.05) is 24.3 Å². The largest absolute Gasteiger partial charge is 0.494 e. The van der Waals surface area contributed by atoms with Crippen molar-refractivity contribution in [1.29, 1.82) is 0 Å². The fourth-order valence-electron chi connectivity index (χ4n) is 5.08. The number of rotatable bonds is 44. The normalized spacial score (nSPS) is 11.8. The molecule has 2 heterocycles. The smallest absolute Gasteiger partial charge is 0.354 e. The lowest BCUT2D eigenvalue weighted by Gasteiger charge is -2.34. The van der Waals surface area contributed by atoms with E-state index in [2.05, 4.69) is 0 Å². The minimum atomic E-state index is -2.47. The molecule has 0 amide bonds. The van der Waals surface area contributed by atoms with Crippen LogP contribution in [-0.4, -0.2) is 223 Å². The van der Waals surface area contributed by atoms with Crippen LogP contribution in [0.4, 0.5) is 0 Å². The van der Waals surface area contributed by atoms with Crippen molar-refractivity contribution in [3.63, 3.8) is 0 Å². The molecule has 2 rings (SSSR count). The lowest BCUT2D eigenvalue weighted by molar-refractivity contribution is -0.155. The van der Waals surface area contributed by atoms with Crippen molar-refractivity contribution in [2.24, 2.45) is 0 Å². The van der Waals surface area contributed by atoms with E-state index in [1.165, 1.54) is 0 Å². The number of aromatic nitrogens is 2. The second kappa shape index (κ2) is 34.7. The van der Waals surface area contributed by atoms with Gasteiger partial charge in [0.2, 0.25) is 0 Å². The first kappa shape index (κ1) is 53.3. The molecule has 0 saturated carbocycles. The van der Waals surface area contributed by atoms with Gasteiger partial charge < -0.3 is 92.2 Å². The van der Waals surface area contributed by atoms with E-state index < -0.39 is 47.7 Å². The van der Waals surface area contributed by atoms with Crippen LogP contribution in [0, 0.1) is 0 Å². The summed E-state index contributed by atoms with van der Waals surface area (Å²) >= 11 is 0. The molecule has 23 nitrogen and oxygen atoms in total. The Morgan fingerprint density at radius 1 is 0.361 bits per heavy atom. The van der Waals surface area contributed by atoms with E-state index in [4.69, 9.17) is 66.7 Å². The van der Waals surface area contributed by atoms with E-state index in [1.807, 2.05) is 0 Å². The zero-order valence-corrected chi connectivity index (χ0v) is 34.6. The van der Waals surface area contributed by atoms with Gasteiger partial charge in [-0.15, -0.1) is 0 Å². The fraction of sp³-hybridized carbons (Fsp3) is 0.737. The third kappa shape index (κ3) is 23.3. The van der Waals surface area contributed by atoms with E-state index in [1.54, 1.807) is 0 Å². The number of nitrogens with zero attached hydrogens (tertiary/aromatic N) is 2. The van der Waals surface area contributed by atoms with Crippen LogP contribution in [0.25, 0.3) is 0 Å². The highest BCUT2D eigenvalue weighted by Gasteiger charge is 2.49. The Hall–Kier alpha value is -3.82. The summed E-state index contributed by atoms with van der Waals surface area (Å²) in [4.78, 5) is 22.9. The van der Waals surface area contributed by atoms with Crippen LogP contribution in [0.15, 0.2) is 24.3 Å². The Kier molecular flexibility index (Phi) is 30.4. The highest BCUT2D eigenvalue weighted by atomic mass is 16.6. The number of carbonyl (C=O) groups is 2. The molecule has 0 atom stereocenters. The molecule has 6 N–H and O–H groups in total. The second-order valence-corrected chi connectivity index (χ2v) is 12.4. The van der Waals surface area contributed by atoms with Crippen LogP contribution < -0.4 is 0 Å². The third-order valence-electron chi connectivity index (χ3n) is 7.99. The Labute approximate surface area is 354 Å². The summed E-state index contributed by atoms with van der Waals surface area (Å²) in [5.41, 5.74) is -2.47. The van der Waals surface area contributed by atoms with Crippen LogP contribution >= 0.6 is 0 Å². The van der Waals surface area contributed by atoms with Crippen molar-refractivity contribution in [2.75, 3.05) is 172 Å². The van der Waals surface area contributed by atoms with Gasteiger partial charge in [-0.3, -0.25) is 4.79 Å². The first-order valence-electron chi connectivity index (χ1n) is 19.9. The van der Waals surface area contributed by atoms with E-state index in [0.29, 0.717) is 141 Å². The van der Waals surface area contributed by atoms with Crippen LogP contribution in [0.5, 0.6) is 23.5 Å². The van der Waals surface area contributed by atoms with Crippen molar-refractivity contribution in [2.45, 2.75) is 12.1 Å². The first-order chi connectivity index (χ1) is 29.7. The topological polar surface area (TPSA) is 285 Å². The van der Waals surface area contributed by atoms with Gasteiger partial charge in [-0.25, -0.2) is 13.9 Å². The lowest BCUT2D eigenvalue weighted by atomic mass is 10.1. The molecule has 0 aromatic carbocycles. The number of carboxylic acids is 2. The van der Waals surface area contributed by atoms with Gasteiger partial charge in [0.25, 0.3) is 5.66 Å². The van der Waals surface area contributed by atoms with Crippen molar-refractivity contribution in [3.05, 3.63) is 24.3 Å². The SMILES string of the molecule is O=C(O)CCOCCOCCOCCOCCOCCOCCOCCOCCOCCOCCOCCOCCOCC(C(=O)O)(n1c(O)ccc1O)n1c(O)ccc1O. The quantitative estimate of drug-likeness (QED) is 0.0481. The second-order valence-electron chi connectivity index (χ2n) is 12.4. The molecule has 0 unspecified atom stereocenters. The Bertz CT molecular complexity index is 1310. The summed E-state index contributed by atoms with van der Waals surface area (Å²) in [6.07, 6.45) is -0.0185. The Morgan fingerprint density at radius 3 is 0.754 bits per heavy atom. The number of aromatic hydroxyl groups is 4. The van der Waals surface area contributed by atoms with Gasteiger partial charge in [0.15, 0.2) is 23.5 Å². The van der Waals surface area contributed by atoms with Gasteiger partial charge >= 0.3 is 11.9 Å². The monoisotopic (exact) mass is 884 g/mol. The molecule has 23 heteroatoms. The summed E-state index contributed by atoms with van der Waals surface area (Å²) in [6, 6.07) is 4.23. The van der Waals surface area contributed by atoms with Gasteiger partial charge in [0.1, 0.15) is 6.61 Å². The van der Waals surface area contributed by atoms with E-state index in [9.17, 15) is 35.1 Å². The maximum absolute atomic E-state index is 12.5. The third-order valence-corrected chi connectivity index (χ3v) is 7.99. The summed E-state index contributed by atoms with van der Waals surface area (Å²) in [5, 5.41) is 59.7. The van der Waals surface area contributed by atoms with Crippen molar-refractivity contribution >= 4 is 11.9 Å². The summed E-state index contributed by atoms with van der Waals surface area (Å²) < 4.78 is 71.7. The highest BCUT2D eigenvalue weighted by Crippen LogP contribution is 2.39. The molecule has 2 aromatic rings. The number of hydrogen-bond donors (Lipinski definition) is 6. The maximum atomic E-state index is 12.5. The maximum Gasteiger partial charge on any atom is 0.354 e. The average molecular weight is 885 g/mol. The van der Waals surface area contributed by atoms with Crippen LogP contribution in [0.3, 0.4) is 0 Å². The van der Waals surface area contributed by atoms with E-state index in [-0.39, 0.29) is 39.5 Å². The zero-order chi connectivity index (χ0) is 44.2. The number of hydrogen-bond acceptors (Lipinski definition) is 19. The molecule has 0 bridgehead atoms. The van der Waals surface area contributed by atoms with Gasteiger partial charge in [-0.05, 0) is 0 Å². The molecule has 0 aliphatic heterocycles. The number of ether oxygens (including phenoxy) is 13. The molecule has 0 saturated heterocycles. The predicted molar refractivity (Wildman–Crippen MR) is 209 cm³/mol. The molecule has 0 radical (unpaired) electrons. The van der Waals surface area contributed by atoms with Crippen molar-refractivity contribution < 1.29 is 102 Å². The molecule has 352 valence electrons. The Balaban J connectivity index is 1.27. The molecular weight excluding hydrogens is 820 g/mol. The molecule has 61 heavy (non-hydrogen) atoms. The molecule has 0 aliphatic rings. The number of carboxylic acid groups (broad SMARTS) is 2. The summed E-state index contributed by atoms with van der Waals surface area (Å²) in [5.74, 6) is -5.08. The number of aliphatic carboxylic acids is 2. The predicted octanol–water partition coefficient (Wildman–Crippen LogP) is 0.0882. The molecule has 0 spiro atoms. The standard InChI is InChI=1S/C38H64N2O21/c41-32-1-2-33(42)39(32)38(37(47)48,40-34(43)3-4-35(40)44)31-61-30-29-60-28-27-59-26-25-58-24-23-57-22-21-56-20-19-55-18-17-54-16-15-53-14-13-52-12-11-51-10-9-50-8-7-49-6-5-36(45)46/h1-4,41-44H,5-31H2,(H,45,46)(H,47,48). The highest BCUT2D eigenvalue weighted by molar-refractivity contribution is 5.78. The molecule has 0 aliphatic carbocycles. The molecule has 2 aromatic heterocycles. The van der Waals surface area contributed by atoms with Crippen molar-refractivity contribution in [1.82, 2.24) is 9.13 Å². The van der Waals surface area contributed by atoms with Crippen LogP contribution in [0.2, 0.25) is 0 Å². The lowest BCUT2D eigenvalue weighted by Crippen LogP contribution is -2.51.